The van der Waals surface area contributed by atoms with E-state index in [4.69, 9.17) is 11.6 Å². The van der Waals surface area contributed by atoms with Crippen LogP contribution in [-0.4, -0.2) is 0 Å². The van der Waals surface area contributed by atoms with Crippen LogP contribution in [0.4, 0.5) is 4.39 Å². The molecular formula is C14H15BrClF. The van der Waals surface area contributed by atoms with Crippen molar-refractivity contribution in [2.75, 3.05) is 0 Å². The van der Waals surface area contributed by atoms with Crippen molar-refractivity contribution < 1.29 is 4.39 Å². The fourth-order valence-corrected chi connectivity index (χ4v) is 4.36. The molecule has 3 atom stereocenters. The van der Waals surface area contributed by atoms with Crippen LogP contribution in [0.15, 0.2) is 12.1 Å². The molecule has 2 fully saturated rings. The maximum atomic E-state index is 13.4. The first-order valence-corrected chi connectivity index (χ1v) is 7.45. The summed E-state index contributed by atoms with van der Waals surface area (Å²) in [7, 11) is 0. The van der Waals surface area contributed by atoms with Crippen LogP contribution in [0, 0.1) is 30.5 Å². The molecule has 0 nitrogen and oxygen atoms in total. The number of hydrogen-bond donors (Lipinski definition) is 0. The highest BCUT2D eigenvalue weighted by Gasteiger charge is 2.47. The molecule has 92 valence electrons. The Balaban J connectivity index is 1.85. The largest absolute Gasteiger partial charge is 0.207 e. The van der Waals surface area contributed by atoms with E-state index in [1.54, 1.807) is 6.92 Å². The van der Waals surface area contributed by atoms with E-state index in [9.17, 15) is 4.39 Å². The quantitative estimate of drug-likeness (QED) is 0.652. The number of benzene rings is 1. The van der Waals surface area contributed by atoms with Gasteiger partial charge in [-0.3, -0.25) is 0 Å². The number of fused-ring (bicyclic) bond motifs is 1. The molecule has 0 heterocycles. The Hall–Kier alpha value is -0.0800. The highest BCUT2D eigenvalue weighted by molar-refractivity contribution is 9.09. The molecule has 1 aromatic rings. The minimum Gasteiger partial charge on any atom is -0.207 e. The smallest absolute Gasteiger partial charge is 0.127 e. The predicted octanol–water partition coefficient (Wildman–Crippen LogP) is 5.27. The Labute approximate surface area is 115 Å². The second kappa shape index (κ2) is 4.24. The minimum atomic E-state index is -0.215. The topological polar surface area (TPSA) is 0 Å². The number of hydrogen-bond acceptors (Lipinski definition) is 0. The molecule has 0 amide bonds. The summed E-state index contributed by atoms with van der Waals surface area (Å²) in [4.78, 5) is 0.280. The van der Waals surface area contributed by atoms with Crippen LogP contribution in [0.5, 0.6) is 0 Å². The van der Waals surface area contributed by atoms with Crippen LogP contribution in [0.25, 0.3) is 0 Å². The zero-order valence-electron chi connectivity index (χ0n) is 9.72. The lowest BCUT2D eigenvalue weighted by Crippen LogP contribution is -2.07. The number of aryl methyl sites for hydroxylation is 1. The summed E-state index contributed by atoms with van der Waals surface area (Å²) >= 11 is 9.92. The zero-order chi connectivity index (χ0) is 12.2. The molecule has 0 spiro atoms. The highest BCUT2D eigenvalue weighted by atomic mass is 79.9. The molecule has 3 rings (SSSR count). The van der Waals surface area contributed by atoms with Gasteiger partial charge in [-0.25, -0.2) is 4.39 Å². The van der Waals surface area contributed by atoms with Gasteiger partial charge in [0, 0.05) is 9.85 Å². The molecule has 0 bridgehead atoms. The monoisotopic (exact) mass is 316 g/mol. The van der Waals surface area contributed by atoms with Crippen LogP contribution in [-0.2, 0) is 0 Å². The molecule has 2 saturated carbocycles. The van der Waals surface area contributed by atoms with Crippen molar-refractivity contribution in [2.24, 2.45) is 17.8 Å². The molecule has 2 aliphatic carbocycles. The Morgan fingerprint density at radius 1 is 1.29 bits per heavy atom. The molecular weight excluding hydrogens is 303 g/mol. The summed E-state index contributed by atoms with van der Waals surface area (Å²) in [5.74, 6) is 2.37. The normalized spacial score (nSPS) is 32.4. The van der Waals surface area contributed by atoms with Gasteiger partial charge in [-0.2, -0.15) is 0 Å². The van der Waals surface area contributed by atoms with E-state index < -0.39 is 0 Å². The fourth-order valence-electron chi connectivity index (χ4n) is 3.15. The van der Waals surface area contributed by atoms with Crippen LogP contribution in [0.1, 0.15) is 35.2 Å². The maximum Gasteiger partial charge on any atom is 0.127 e. The number of halogens is 3. The molecule has 0 radical (unpaired) electrons. The van der Waals surface area contributed by atoms with Gasteiger partial charge >= 0.3 is 0 Å². The molecule has 17 heavy (non-hydrogen) atoms. The third-order valence-electron chi connectivity index (χ3n) is 4.27. The first-order chi connectivity index (χ1) is 8.06. The van der Waals surface area contributed by atoms with Crippen molar-refractivity contribution in [3.8, 4) is 0 Å². The van der Waals surface area contributed by atoms with Gasteiger partial charge in [-0.1, -0.05) is 33.6 Å². The van der Waals surface area contributed by atoms with Gasteiger partial charge in [-0.15, -0.1) is 0 Å². The summed E-state index contributed by atoms with van der Waals surface area (Å²) in [6.07, 6.45) is 4.02. The lowest BCUT2D eigenvalue weighted by atomic mass is 9.94. The average Bonchev–Trinajstić information content (AvgIpc) is 2.90. The Morgan fingerprint density at radius 2 is 1.94 bits per heavy atom. The van der Waals surface area contributed by atoms with Crippen molar-refractivity contribution in [3.63, 3.8) is 0 Å². The third kappa shape index (κ3) is 2.15. The lowest BCUT2D eigenvalue weighted by Gasteiger charge is -2.21. The zero-order valence-corrected chi connectivity index (χ0v) is 12.1. The third-order valence-corrected chi connectivity index (χ3v) is 5.84. The van der Waals surface area contributed by atoms with E-state index in [-0.39, 0.29) is 10.6 Å². The first kappa shape index (κ1) is 12.0. The number of alkyl halides is 1. The second-order valence-corrected chi connectivity index (χ2v) is 6.91. The van der Waals surface area contributed by atoms with Crippen LogP contribution in [0.2, 0.25) is 5.02 Å². The first-order valence-electron chi connectivity index (χ1n) is 6.16. The molecule has 3 unspecified atom stereocenters. The molecule has 0 aromatic heterocycles. The van der Waals surface area contributed by atoms with Crippen molar-refractivity contribution in [3.05, 3.63) is 34.1 Å². The van der Waals surface area contributed by atoms with Crippen LogP contribution < -0.4 is 0 Å². The Bertz CT molecular complexity index is 450. The van der Waals surface area contributed by atoms with Gasteiger partial charge < -0.3 is 0 Å². The summed E-state index contributed by atoms with van der Waals surface area (Å²) in [5, 5.41) is 0.551. The van der Waals surface area contributed by atoms with Crippen molar-refractivity contribution >= 4 is 27.5 Å². The molecule has 0 saturated heterocycles. The standard InChI is InChI=1S/C14H15BrClF/c1-7-2-11(12(16)6-13(7)17)14(15)10-4-8-3-9(8)5-10/h2,6,8-10,14H,3-5H2,1H3. The SMILES string of the molecule is Cc1cc(C(Br)C2CC3CC3C2)c(Cl)cc1F. The van der Waals surface area contributed by atoms with E-state index in [2.05, 4.69) is 15.9 Å². The van der Waals surface area contributed by atoms with Crippen molar-refractivity contribution in [1.29, 1.82) is 0 Å². The van der Waals surface area contributed by atoms with Gasteiger partial charge in [0.05, 0.1) is 0 Å². The molecule has 0 N–H and O–H groups in total. The van der Waals surface area contributed by atoms with E-state index in [1.165, 1.54) is 25.3 Å². The minimum absolute atomic E-state index is 0.215. The van der Waals surface area contributed by atoms with Crippen LogP contribution >= 0.6 is 27.5 Å². The van der Waals surface area contributed by atoms with Gasteiger partial charge in [0.2, 0.25) is 0 Å². The van der Waals surface area contributed by atoms with E-state index in [1.807, 2.05) is 6.07 Å². The molecule has 0 aliphatic heterocycles. The lowest BCUT2D eigenvalue weighted by molar-refractivity contribution is 0.481. The van der Waals surface area contributed by atoms with Crippen molar-refractivity contribution in [1.82, 2.24) is 0 Å². The molecule has 1 aromatic carbocycles. The second-order valence-electron chi connectivity index (χ2n) is 5.51. The van der Waals surface area contributed by atoms with Crippen LogP contribution in [0.3, 0.4) is 0 Å². The summed E-state index contributed by atoms with van der Waals surface area (Å²) in [6, 6.07) is 3.33. The van der Waals surface area contributed by atoms with Gasteiger partial charge in [0.1, 0.15) is 5.82 Å². The van der Waals surface area contributed by atoms with Gasteiger partial charge in [-0.05, 0) is 61.1 Å². The summed E-state index contributed by atoms with van der Waals surface area (Å²) in [6.45, 7) is 1.79. The number of rotatable bonds is 2. The Kier molecular flexibility index (Phi) is 2.99. The average molecular weight is 318 g/mol. The van der Waals surface area contributed by atoms with Gasteiger partial charge in [0.25, 0.3) is 0 Å². The summed E-state index contributed by atoms with van der Waals surface area (Å²) in [5.41, 5.74) is 1.73. The van der Waals surface area contributed by atoms with E-state index in [0.29, 0.717) is 16.5 Å². The fraction of sp³-hybridized carbons (Fsp3) is 0.571. The van der Waals surface area contributed by atoms with Crippen molar-refractivity contribution in [2.45, 2.75) is 31.0 Å². The predicted molar refractivity (Wildman–Crippen MR) is 72.1 cm³/mol. The van der Waals surface area contributed by atoms with Gasteiger partial charge in [0.15, 0.2) is 0 Å². The highest BCUT2D eigenvalue weighted by Crippen LogP contribution is 2.59. The molecule has 3 heteroatoms. The van der Waals surface area contributed by atoms with E-state index in [0.717, 1.165) is 17.4 Å². The maximum absolute atomic E-state index is 13.4. The van der Waals surface area contributed by atoms with E-state index >= 15 is 0 Å². The molecule has 2 aliphatic rings. The summed E-state index contributed by atoms with van der Waals surface area (Å²) < 4.78 is 13.4. The Morgan fingerprint density at radius 3 is 2.59 bits per heavy atom.